The number of hydrogen-bond donors (Lipinski definition) is 3. The smallest absolute Gasteiger partial charge is 0.410 e. The average Bonchev–Trinajstić information content (AvgIpc) is 3.39. The number of carbonyl (C=O) groups excluding carboxylic acids is 2. The predicted molar refractivity (Wildman–Crippen MR) is 154 cm³/mol. The van der Waals surface area contributed by atoms with Gasteiger partial charge in [-0.15, -0.1) is 10.2 Å². The Bertz CT molecular complexity index is 1400. The number of ether oxygens (including phenoxy) is 1. The number of carbonyl (C=O) groups is 3. The molecule has 2 heterocycles. The maximum absolute atomic E-state index is 13.0. The fourth-order valence-corrected chi connectivity index (χ4v) is 5.74. The third-order valence-corrected chi connectivity index (χ3v) is 7.97. The molecule has 1 aliphatic carbocycles. The molecule has 3 N–H and O–H groups in total. The summed E-state index contributed by atoms with van der Waals surface area (Å²) in [6, 6.07) is 19.4. The van der Waals surface area contributed by atoms with Crippen LogP contribution in [0, 0.1) is 5.92 Å². The van der Waals surface area contributed by atoms with E-state index in [4.69, 9.17) is 9.84 Å². The molecule has 5 rings (SSSR count). The Morgan fingerprint density at radius 3 is 2.34 bits per heavy atom. The lowest BCUT2D eigenvalue weighted by atomic mass is 9.83. The molecule has 0 spiro atoms. The number of anilines is 1. The van der Waals surface area contributed by atoms with E-state index in [1.165, 1.54) is 0 Å². The fourth-order valence-electron chi connectivity index (χ4n) is 5.74. The molecule has 214 valence electrons. The van der Waals surface area contributed by atoms with Crippen molar-refractivity contribution in [2.24, 2.45) is 5.92 Å². The molecule has 10 heteroatoms. The summed E-state index contributed by atoms with van der Waals surface area (Å²) in [6.07, 6.45) is 2.60. The molecule has 1 aliphatic heterocycles. The van der Waals surface area contributed by atoms with Gasteiger partial charge in [0.05, 0.1) is 12.1 Å². The number of nitrogens with zero attached hydrogens (tertiary/aromatic N) is 3. The normalized spacial score (nSPS) is 19.0. The van der Waals surface area contributed by atoms with Gasteiger partial charge in [-0.2, -0.15) is 0 Å². The van der Waals surface area contributed by atoms with Gasteiger partial charge in [-0.3, -0.25) is 4.79 Å². The zero-order valence-electron chi connectivity index (χ0n) is 23.3. The minimum Gasteiger partial charge on any atom is -0.465 e. The number of nitrogens with one attached hydrogen (secondary N) is 2. The fraction of sp³-hybridized carbons (Fsp3) is 0.387. The van der Waals surface area contributed by atoms with Gasteiger partial charge in [0.25, 0.3) is 0 Å². The topological polar surface area (TPSA) is 134 Å². The molecule has 2 aliphatic rings. The number of amides is 3. The second kappa shape index (κ2) is 12.0. The van der Waals surface area contributed by atoms with E-state index in [2.05, 4.69) is 20.8 Å². The highest BCUT2D eigenvalue weighted by Crippen LogP contribution is 2.34. The van der Waals surface area contributed by atoms with E-state index >= 15 is 0 Å². The highest BCUT2D eigenvalue weighted by Gasteiger charge is 2.33. The molecule has 1 saturated carbocycles. The van der Waals surface area contributed by atoms with Crippen molar-refractivity contribution in [2.75, 3.05) is 18.5 Å². The van der Waals surface area contributed by atoms with Crippen LogP contribution in [0.15, 0.2) is 60.7 Å². The minimum atomic E-state index is -1.09. The van der Waals surface area contributed by atoms with Crippen LogP contribution in [0.1, 0.15) is 51.5 Å². The van der Waals surface area contributed by atoms with Crippen LogP contribution in [0.3, 0.4) is 0 Å². The molecule has 41 heavy (non-hydrogen) atoms. The Morgan fingerprint density at radius 1 is 1.00 bits per heavy atom. The van der Waals surface area contributed by atoms with Crippen molar-refractivity contribution in [3.05, 3.63) is 66.2 Å². The maximum Gasteiger partial charge on any atom is 0.410 e. The summed E-state index contributed by atoms with van der Waals surface area (Å²) in [4.78, 5) is 37.9. The van der Waals surface area contributed by atoms with Gasteiger partial charge in [-0.1, -0.05) is 54.6 Å². The van der Waals surface area contributed by atoms with Gasteiger partial charge in [0, 0.05) is 23.6 Å². The SMILES string of the molecule is CC(C)(NC(=O)O)c1ccc(-c2nnc(NC(=O)CC3CCC(N4CCOC4=O)CC3)cc2-c2ccccc2)cc1. The number of cyclic esters (lactones) is 1. The quantitative estimate of drug-likeness (QED) is 0.326. The minimum absolute atomic E-state index is 0.104. The lowest BCUT2D eigenvalue weighted by Gasteiger charge is -2.32. The van der Waals surface area contributed by atoms with E-state index in [0.29, 0.717) is 31.1 Å². The molecule has 10 nitrogen and oxygen atoms in total. The average molecular weight is 558 g/mol. The molecule has 0 unspecified atom stereocenters. The van der Waals surface area contributed by atoms with Crippen molar-refractivity contribution in [3.63, 3.8) is 0 Å². The Labute approximate surface area is 239 Å². The van der Waals surface area contributed by atoms with E-state index < -0.39 is 11.6 Å². The van der Waals surface area contributed by atoms with Crippen LogP contribution < -0.4 is 10.6 Å². The Balaban J connectivity index is 1.29. The number of rotatable bonds is 8. The lowest BCUT2D eigenvalue weighted by Crippen LogP contribution is -2.39. The Hall–Kier alpha value is -4.47. The summed E-state index contributed by atoms with van der Waals surface area (Å²) < 4.78 is 5.07. The molecule has 0 bridgehead atoms. The van der Waals surface area contributed by atoms with Crippen LogP contribution >= 0.6 is 0 Å². The van der Waals surface area contributed by atoms with Crippen molar-refractivity contribution < 1.29 is 24.2 Å². The zero-order valence-corrected chi connectivity index (χ0v) is 23.3. The van der Waals surface area contributed by atoms with E-state index in [1.807, 2.05) is 65.6 Å². The van der Waals surface area contributed by atoms with Gasteiger partial charge >= 0.3 is 12.2 Å². The summed E-state index contributed by atoms with van der Waals surface area (Å²) in [5.74, 6) is 0.534. The molecule has 3 aromatic rings. The third-order valence-electron chi connectivity index (χ3n) is 7.97. The van der Waals surface area contributed by atoms with E-state index in [0.717, 1.165) is 47.9 Å². The molecule has 0 radical (unpaired) electrons. The van der Waals surface area contributed by atoms with Gasteiger partial charge in [0.1, 0.15) is 12.3 Å². The van der Waals surface area contributed by atoms with Crippen LogP contribution in [-0.2, 0) is 15.1 Å². The van der Waals surface area contributed by atoms with Crippen molar-refractivity contribution >= 4 is 23.9 Å². The van der Waals surface area contributed by atoms with E-state index in [1.54, 1.807) is 13.8 Å². The van der Waals surface area contributed by atoms with Crippen LogP contribution in [-0.4, -0.2) is 57.5 Å². The first kappa shape index (κ1) is 28.1. The molecular weight excluding hydrogens is 522 g/mol. The number of carboxylic acid groups (broad SMARTS) is 1. The first-order valence-corrected chi connectivity index (χ1v) is 14.0. The summed E-state index contributed by atoms with van der Waals surface area (Å²) in [5.41, 5.74) is 3.29. The lowest BCUT2D eigenvalue weighted by molar-refractivity contribution is -0.117. The molecule has 2 aromatic carbocycles. The molecule has 2 fully saturated rings. The highest BCUT2D eigenvalue weighted by atomic mass is 16.6. The number of benzene rings is 2. The van der Waals surface area contributed by atoms with Gasteiger partial charge in [0.15, 0.2) is 5.82 Å². The zero-order chi connectivity index (χ0) is 29.0. The van der Waals surface area contributed by atoms with E-state index in [-0.39, 0.29) is 24.0 Å². The van der Waals surface area contributed by atoms with Crippen molar-refractivity contribution in [1.29, 1.82) is 0 Å². The molecule has 0 atom stereocenters. The van der Waals surface area contributed by atoms with Crippen molar-refractivity contribution in [1.82, 2.24) is 20.4 Å². The second-order valence-corrected chi connectivity index (χ2v) is 11.2. The van der Waals surface area contributed by atoms with Gasteiger partial charge in [-0.25, -0.2) is 9.59 Å². The highest BCUT2D eigenvalue weighted by molar-refractivity contribution is 5.91. The predicted octanol–water partition coefficient (Wildman–Crippen LogP) is 5.65. The molecule has 1 aromatic heterocycles. The maximum atomic E-state index is 13.0. The monoisotopic (exact) mass is 557 g/mol. The largest absolute Gasteiger partial charge is 0.465 e. The van der Waals surface area contributed by atoms with Crippen molar-refractivity contribution in [3.8, 4) is 22.4 Å². The molecule has 3 amide bonds. The van der Waals surface area contributed by atoms with Crippen LogP contribution in [0.2, 0.25) is 0 Å². The summed E-state index contributed by atoms with van der Waals surface area (Å²) >= 11 is 0. The second-order valence-electron chi connectivity index (χ2n) is 11.2. The third kappa shape index (κ3) is 6.65. The summed E-state index contributed by atoms with van der Waals surface area (Å²) in [7, 11) is 0. The van der Waals surface area contributed by atoms with Crippen LogP contribution in [0.25, 0.3) is 22.4 Å². The number of hydrogen-bond acceptors (Lipinski definition) is 6. The first-order chi connectivity index (χ1) is 19.7. The van der Waals surface area contributed by atoms with Crippen LogP contribution in [0.4, 0.5) is 15.4 Å². The summed E-state index contributed by atoms with van der Waals surface area (Å²) in [6.45, 7) is 4.71. The standard InChI is InChI=1S/C31H35N5O5/c1-31(2,33-29(38)39)23-12-10-22(11-13-23)28-25(21-6-4-3-5-7-21)19-26(34-35-28)32-27(37)18-20-8-14-24(15-9-20)36-16-17-41-30(36)40/h3-7,10-13,19-20,24,33H,8-9,14-18H2,1-2H3,(H,38,39)(H,32,34,37). The Kier molecular flexibility index (Phi) is 8.19. The Morgan fingerprint density at radius 2 is 1.71 bits per heavy atom. The van der Waals surface area contributed by atoms with Gasteiger partial charge in [-0.05, 0) is 62.6 Å². The van der Waals surface area contributed by atoms with Gasteiger partial charge < -0.3 is 25.4 Å². The first-order valence-electron chi connectivity index (χ1n) is 14.0. The number of aromatic nitrogens is 2. The molecular formula is C31H35N5O5. The van der Waals surface area contributed by atoms with Gasteiger partial charge in [0.2, 0.25) is 5.91 Å². The summed E-state index contributed by atoms with van der Waals surface area (Å²) in [5, 5.41) is 23.5. The van der Waals surface area contributed by atoms with Crippen LogP contribution in [0.5, 0.6) is 0 Å². The van der Waals surface area contributed by atoms with Crippen molar-refractivity contribution in [2.45, 2.75) is 57.5 Å². The molecule has 1 saturated heterocycles. The van der Waals surface area contributed by atoms with E-state index in [9.17, 15) is 14.4 Å².